The first-order chi connectivity index (χ1) is 7.58. The van der Waals surface area contributed by atoms with E-state index >= 15 is 0 Å². The molecule has 86 valence electrons. The molecule has 0 radical (unpaired) electrons. The normalized spacial score (nSPS) is 13.0. The second kappa shape index (κ2) is 4.31. The van der Waals surface area contributed by atoms with Gasteiger partial charge in [-0.15, -0.1) is 0 Å². The number of aromatic nitrogens is 2. The van der Waals surface area contributed by atoms with Crippen molar-refractivity contribution in [2.24, 2.45) is 12.8 Å². The van der Waals surface area contributed by atoms with Crippen molar-refractivity contribution in [2.45, 2.75) is 13.0 Å². The van der Waals surface area contributed by atoms with Gasteiger partial charge in [0.25, 0.3) is 0 Å². The summed E-state index contributed by atoms with van der Waals surface area (Å²) >= 11 is 5.95. The fraction of sp³-hybridized carbons (Fsp3) is 0.364. The highest BCUT2D eigenvalue weighted by Gasteiger charge is 2.07. The molecule has 0 saturated heterocycles. The Hall–Kier alpha value is -1.26. The summed E-state index contributed by atoms with van der Waals surface area (Å²) in [5.74, 6) is 0.814. The number of hydrogen-bond donors (Lipinski definition) is 2. The van der Waals surface area contributed by atoms with Crippen LogP contribution in [0.5, 0.6) is 0 Å². The number of nitrogens with two attached hydrogens (primary N) is 1. The van der Waals surface area contributed by atoms with Crippen LogP contribution in [0.15, 0.2) is 18.2 Å². The minimum atomic E-state index is 0.100. The first-order valence-corrected chi connectivity index (χ1v) is 5.57. The average molecular weight is 239 g/mol. The monoisotopic (exact) mass is 238 g/mol. The number of hydrogen-bond acceptors (Lipinski definition) is 3. The van der Waals surface area contributed by atoms with Crippen molar-refractivity contribution >= 4 is 28.6 Å². The average Bonchev–Trinajstić information content (AvgIpc) is 2.53. The molecule has 0 aliphatic carbocycles. The van der Waals surface area contributed by atoms with Crippen molar-refractivity contribution in [1.82, 2.24) is 9.55 Å². The van der Waals surface area contributed by atoms with Crippen molar-refractivity contribution in [1.29, 1.82) is 0 Å². The van der Waals surface area contributed by atoms with Crippen LogP contribution < -0.4 is 11.1 Å². The van der Waals surface area contributed by atoms with E-state index in [1.54, 1.807) is 0 Å². The van der Waals surface area contributed by atoms with E-state index in [9.17, 15) is 0 Å². The predicted octanol–water partition coefficient (Wildman–Crippen LogP) is 1.99. The highest BCUT2D eigenvalue weighted by molar-refractivity contribution is 6.31. The summed E-state index contributed by atoms with van der Waals surface area (Å²) in [6.07, 6.45) is 0. The van der Waals surface area contributed by atoms with Gasteiger partial charge in [0.15, 0.2) is 0 Å². The van der Waals surface area contributed by atoms with Crippen LogP contribution in [0, 0.1) is 0 Å². The summed E-state index contributed by atoms with van der Waals surface area (Å²) in [6, 6.07) is 5.76. The summed E-state index contributed by atoms with van der Waals surface area (Å²) in [6.45, 7) is 2.65. The predicted molar refractivity (Wildman–Crippen MR) is 67.9 cm³/mol. The van der Waals surface area contributed by atoms with Crippen LogP contribution in [-0.4, -0.2) is 22.1 Å². The lowest BCUT2D eigenvalue weighted by molar-refractivity contribution is 0.767. The zero-order valence-corrected chi connectivity index (χ0v) is 10.1. The van der Waals surface area contributed by atoms with Gasteiger partial charge >= 0.3 is 0 Å². The molecule has 0 aliphatic heterocycles. The zero-order chi connectivity index (χ0) is 11.7. The third-order valence-electron chi connectivity index (χ3n) is 2.43. The summed E-state index contributed by atoms with van der Waals surface area (Å²) < 4.78 is 1.98. The smallest absolute Gasteiger partial charge is 0.203 e. The summed E-state index contributed by atoms with van der Waals surface area (Å²) in [5.41, 5.74) is 7.63. The van der Waals surface area contributed by atoms with Gasteiger partial charge in [-0.2, -0.15) is 0 Å². The molecule has 0 aliphatic rings. The molecule has 2 rings (SSSR count). The summed E-state index contributed by atoms with van der Waals surface area (Å²) in [4.78, 5) is 4.46. The van der Waals surface area contributed by atoms with E-state index in [1.807, 2.05) is 36.7 Å². The Labute approximate surface area is 99.4 Å². The molecule has 1 aromatic carbocycles. The molecular formula is C11H15ClN4. The number of benzene rings is 1. The number of aryl methyl sites for hydroxylation is 1. The van der Waals surface area contributed by atoms with E-state index in [-0.39, 0.29) is 6.04 Å². The van der Waals surface area contributed by atoms with E-state index in [4.69, 9.17) is 17.3 Å². The van der Waals surface area contributed by atoms with E-state index < -0.39 is 0 Å². The molecule has 1 heterocycles. The summed E-state index contributed by atoms with van der Waals surface area (Å²) in [5, 5.41) is 3.92. The number of nitrogens with one attached hydrogen (secondary N) is 1. The molecule has 16 heavy (non-hydrogen) atoms. The highest BCUT2D eigenvalue weighted by atomic mass is 35.5. The number of imidazole rings is 1. The van der Waals surface area contributed by atoms with Gasteiger partial charge in [0.2, 0.25) is 5.95 Å². The second-order valence-electron chi connectivity index (χ2n) is 3.99. The molecule has 1 unspecified atom stereocenters. The molecule has 0 spiro atoms. The maximum atomic E-state index is 5.95. The number of fused-ring (bicyclic) bond motifs is 1. The Morgan fingerprint density at radius 2 is 2.31 bits per heavy atom. The molecule has 0 amide bonds. The fourth-order valence-corrected chi connectivity index (χ4v) is 1.74. The Bertz CT molecular complexity index is 504. The number of anilines is 1. The lowest BCUT2D eigenvalue weighted by Crippen LogP contribution is -2.26. The Balaban J connectivity index is 2.36. The number of halogens is 1. The molecule has 0 saturated carbocycles. The van der Waals surface area contributed by atoms with E-state index in [0.29, 0.717) is 11.6 Å². The van der Waals surface area contributed by atoms with E-state index in [0.717, 1.165) is 17.0 Å². The van der Waals surface area contributed by atoms with E-state index in [1.165, 1.54) is 0 Å². The molecule has 4 nitrogen and oxygen atoms in total. The van der Waals surface area contributed by atoms with Crippen molar-refractivity contribution in [3.63, 3.8) is 0 Å². The van der Waals surface area contributed by atoms with Crippen molar-refractivity contribution in [2.75, 3.05) is 11.9 Å². The lowest BCUT2D eigenvalue weighted by atomic mass is 10.3. The molecule has 1 atom stereocenters. The van der Waals surface area contributed by atoms with Crippen LogP contribution in [0.1, 0.15) is 6.92 Å². The first-order valence-electron chi connectivity index (χ1n) is 5.19. The fourth-order valence-electron chi connectivity index (χ4n) is 1.57. The molecule has 5 heteroatoms. The van der Waals surface area contributed by atoms with Crippen LogP contribution in [0.25, 0.3) is 11.0 Å². The van der Waals surface area contributed by atoms with Crippen LogP contribution in [-0.2, 0) is 7.05 Å². The lowest BCUT2D eigenvalue weighted by Gasteiger charge is -2.08. The molecule has 1 aromatic heterocycles. The van der Waals surface area contributed by atoms with Gasteiger partial charge in [0, 0.05) is 24.7 Å². The van der Waals surface area contributed by atoms with Gasteiger partial charge in [0.1, 0.15) is 0 Å². The van der Waals surface area contributed by atoms with Gasteiger partial charge in [-0.1, -0.05) is 11.6 Å². The number of nitrogens with zero attached hydrogens (tertiary/aromatic N) is 2. The SMILES string of the molecule is CC(N)CNc1nc2ccc(Cl)cc2n1C. The Morgan fingerprint density at radius 1 is 1.56 bits per heavy atom. The molecule has 2 aromatic rings. The van der Waals surface area contributed by atoms with E-state index in [2.05, 4.69) is 10.3 Å². The second-order valence-corrected chi connectivity index (χ2v) is 4.42. The third-order valence-corrected chi connectivity index (χ3v) is 2.66. The van der Waals surface area contributed by atoms with Gasteiger partial charge in [-0.3, -0.25) is 0 Å². The Morgan fingerprint density at radius 3 is 3.00 bits per heavy atom. The largest absolute Gasteiger partial charge is 0.354 e. The minimum Gasteiger partial charge on any atom is -0.354 e. The zero-order valence-electron chi connectivity index (χ0n) is 9.37. The van der Waals surface area contributed by atoms with Crippen LogP contribution in [0.2, 0.25) is 5.02 Å². The van der Waals surface area contributed by atoms with Gasteiger partial charge in [0.05, 0.1) is 11.0 Å². The van der Waals surface area contributed by atoms with Crippen LogP contribution in [0.4, 0.5) is 5.95 Å². The number of rotatable bonds is 3. The minimum absolute atomic E-state index is 0.100. The topological polar surface area (TPSA) is 55.9 Å². The molecule has 0 fully saturated rings. The molecular weight excluding hydrogens is 224 g/mol. The van der Waals surface area contributed by atoms with Crippen molar-refractivity contribution in [3.05, 3.63) is 23.2 Å². The standard InChI is InChI=1S/C11H15ClN4/c1-7(13)6-14-11-15-9-4-3-8(12)5-10(9)16(11)2/h3-5,7H,6,13H2,1-2H3,(H,14,15). The van der Waals surface area contributed by atoms with Crippen LogP contribution in [0.3, 0.4) is 0 Å². The summed E-state index contributed by atoms with van der Waals surface area (Å²) in [7, 11) is 1.95. The van der Waals surface area contributed by atoms with Gasteiger partial charge < -0.3 is 15.6 Å². The maximum absolute atomic E-state index is 5.95. The third kappa shape index (κ3) is 2.13. The molecule has 0 bridgehead atoms. The Kier molecular flexibility index (Phi) is 3.03. The van der Waals surface area contributed by atoms with Crippen LogP contribution >= 0.6 is 11.6 Å². The van der Waals surface area contributed by atoms with Crippen molar-refractivity contribution < 1.29 is 0 Å². The highest BCUT2D eigenvalue weighted by Crippen LogP contribution is 2.21. The van der Waals surface area contributed by atoms with Gasteiger partial charge in [-0.05, 0) is 25.1 Å². The maximum Gasteiger partial charge on any atom is 0.203 e. The first kappa shape index (κ1) is 11.2. The molecule has 3 N–H and O–H groups in total. The quantitative estimate of drug-likeness (QED) is 0.860. The van der Waals surface area contributed by atoms with Crippen molar-refractivity contribution in [3.8, 4) is 0 Å². The van der Waals surface area contributed by atoms with Gasteiger partial charge in [-0.25, -0.2) is 4.98 Å².